The second-order valence-corrected chi connectivity index (χ2v) is 9.18. The zero-order valence-corrected chi connectivity index (χ0v) is 19.6. The summed E-state index contributed by atoms with van der Waals surface area (Å²) in [6, 6.07) is 22.5. The molecule has 0 spiro atoms. The van der Waals surface area contributed by atoms with E-state index in [9.17, 15) is 9.59 Å². The third-order valence-electron chi connectivity index (χ3n) is 5.77. The lowest BCUT2D eigenvalue weighted by atomic mass is 9.87. The first-order valence-electron chi connectivity index (χ1n) is 10.9. The topological polar surface area (TPSA) is 58.6 Å². The smallest absolute Gasteiger partial charge is 0.282 e. The largest absolute Gasteiger partial charge is 0.496 e. The summed E-state index contributed by atoms with van der Waals surface area (Å²) in [5.41, 5.74) is 4.56. The summed E-state index contributed by atoms with van der Waals surface area (Å²) in [5, 5.41) is 3.20. The second kappa shape index (κ2) is 8.58. The Morgan fingerprint density at radius 3 is 2.06 bits per heavy atom. The standard InChI is InChI=1S/C28H28N2O3/c1-18-10-14-20(15-11-18)29-25-24(22-8-6-7-9-23(22)33-5)26(31)30(27(25)32)21-16-12-19(13-17-21)28(2,3)4/h6-17,29H,1-5H3. The van der Waals surface area contributed by atoms with E-state index in [-0.39, 0.29) is 22.6 Å². The molecule has 2 amide bonds. The van der Waals surface area contributed by atoms with Crippen LogP contribution < -0.4 is 15.0 Å². The molecule has 1 aliphatic rings. The Labute approximate surface area is 194 Å². The molecule has 33 heavy (non-hydrogen) atoms. The summed E-state index contributed by atoms with van der Waals surface area (Å²) < 4.78 is 5.51. The molecule has 0 radical (unpaired) electrons. The van der Waals surface area contributed by atoms with E-state index in [2.05, 4.69) is 26.1 Å². The van der Waals surface area contributed by atoms with E-state index in [1.54, 1.807) is 19.2 Å². The van der Waals surface area contributed by atoms with Gasteiger partial charge in [-0.1, -0.05) is 68.8 Å². The van der Waals surface area contributed by atoms with Crippen molar-refractivity contribution in [2.45, 2.75) is 33.1 Å². The van der Waals surface area contributed by atoms with E-state index in [0.717, 1.165) is 16.8 Å². The van der Waals surface area contributed by atoms with Crippen molar-refractivity contribution in [2.24, 2.45) is 0 Å². The maximum absolute atomic E-state index is 13.7. The van der Waals surface area contributed by atoms with Gasteiger partial charge in [0.1, 0.15) is 11.4 Å². The monoisotopic (exact) mass is 440 g/mol. The van der Waals surface area contributed by atoms with Gasteiger partial charge >= 0.3 is 0 Å². The number of hydrogen-bond acceptors (Lipinski definition) is 4. The molecule has 1 aliphatic heterocycles. The predicted molar refractivity (Wildman–Crippen MR) is 132 cm³/mol. The zero-order chi connectivity index (χ0) is 23.8. The van der Waals surface area contributed by atoms with Crippen molar-refractivity contribution < 1.29 is 14.3 Å². The van der Waals surface area contributed by atoms with Gasteiger partial charge in [0, 0.05) is 11.3 Å². The zero-order valence-electron chi connectivity index (χ0n) is 19.6. The number of methoxy groups -OCH3 is 1. The van der Waals surface area contributed by atoms with Crippen LogP contribution in [0.2, 0.25) is 0 Å². The molecule has 168 valence electrons. The Morgan fingerprint density at radius 2 is 1.45 bits per heavy atom. The van der Waals surface area contributed by atoms with Crippen molar-refractivity contribution in [3.63, 3.8) is 0 Å². The van der Waals surface area contributed by atoms with Crippen LogP contribution in [-0.2, 0) is 15.0 Å². The van der Waals surface area contributed by atoms with Gasteiger partial charge in [-0.05, 0) is 48.2 Å². The van der Waals surface area contributed by atoms with Gasteiger partial charge in [-0.25, -0.2) is 4.90 Å². The molecule has 4 rings (SSSR count). The number of carbonyl (C=O) groups is 2. The van der Waals surface area contributed by atoms with Gasteiger partial charge in [0.15, 0.2) is 0 Å². The highest BCUT2D eigenvalue weighted by molar-refractivity contribution is 6.46. The third-order valence-corrected chi connectivity index (χ3v) is 5.77. The van der Waals surface area contributed by atoms with Gasteiger partial charge in [-0.2, -0.15) is 0 Å². The number of nitrogens with one attached hydrogen (secondary N) is 1. The third kappa shape index (κ3) is 4.27. The molecule has 0 saturated carbocycles. The Hall–Kier alpha value is -3.86. The van der Waals surface area contributed by atoms with Crippen molar-refractivity contribution in [3.8, 4) is 5.75 Å². The summed E-state index contributed by atoms with van der Waals surface area (Å²) in [6.07, 6.45) is 0. The average Bonchev–Trinajstić information content (AvgIpc) is 3.04. The molecule has 3 aromatic rings. The van der Waals surface area contributed by atoms with E-state index in [1.807, 2.05) is 67.6 Å². The van der Waals surface area contributed by atoms with Crippen LogP contribution in [0.4, 0.5) is 11.4 Å². The highest BCUT2D eigenvalue weighted by Gasteiger charge is 2.41. The summed E-state index contributed by atoms with van der Waals surface area (Å²) in [4.78, 5) is 28.5. The number of hydrogen-bond donors (Lipinski definition) is 1. The second-order valence-electron chi connectivity index (χ2n) is 9.18. The molecule has 0 unspecified atom stereocenters. The van der Waals surface area contributed by atoms with Crippen LogP contribution in [0.15, 0.2) is 78.5 Å². The van der Waals surface area contributed by atoms with Crippen molar-refractivity contribution in [2.75, 3.05) is 17.3 Å². The normalized spacial score (nSPS) is 14.2. The number of imide groups is 1. The summed E-state index contributed by atoms with van der Waals surface area (Å²) in [6.45, 7) is 8.37. The predicted octanol–water partition coefficient (Wildman–Crippen LogP) is 5.70. The fourth-order valence-electron chi connectivity index (χ4n) is 3.87. The number of carbonyl (C=O) groups excluding carboxylic acids is 2. The molecule has 5 nitrogen and oxygen atoms in total. The molecule has 0 aliphatic carbocycles. The van der Waals surface area contributed by atoms with E-state index >= 15 is 0 Å². The van der Waals surface area contributed by atoms with Crippen LogP contribution in [0.5, 0.6) is 5.75 Å². The molecular weight excluding hydrogens is 412 g/mol. The number of aryl methyl sites for hydroxylation is 1. The number of para-hydroxylation sites is 1. The number of nitrogens with zero attached hydrogens (tertiary/aromatic N) is 1. The van der Waals surface area contributed by atoms with Crippen LogP contribution in [0.25, 0.3) is 5.57 Å². The van der Waals surface area contributed by atoms with Crippen molar-refractivity contribution >= 4 is 28.8 Å². The number of anilines is 2. The van der Waals surface area contributed by atoms with E-state index in [0.29, 0.717) is 17.0 Å². The molecule has 5 heteroatoms. The molecule has 0 aromatic heterocycles. The lowest BCUT2D eigenvalue weighted by Gasteiger charge is -2.21. The molecule has 3 aromatic carbocycles. The molecule has 0 fully saturated rings. The first-order chi connectivity index (χ1) is 15.7. The molecule has 1 heterocycles. The minimum absolute atomic E-state index is 0.0312. The maximum atomic E-state index is 13.7. The Balaban J connectivity index is 1.81. The van der Waals surface area contributed by atoms with Crippen LogP contribution in [0.1, 0.15) is 37.5 Å². The van der Waals surface area contributed by atoms with Crippen LogP contribution in [-0.4, -0.2) is 18.9 Å². The van der Waals surface area contributed by atoms with Crippen molar-refractivity contribution in [1.29, 1.82) is 0 Å². The molecule has 0 atom stereocenters. The van der Waals surface area contributed by atoms with Gasteiger partial charge in [-0.3, -0.25) is 9.59 Å². The fourth-order valence-corrected chi connectivity index (χ4v) is 3.87. The Bertz CT molecular complexity index is 1230. The van der Waals surface area contributed by atoms with Crippen LogP contribution >= 0.6 is 0 Å². The number of ether oxygens (including phenoxy) is 1. The minimum atomic E-state index is -0.398. The molecule has 0 bridgehead atoms. The first-order valence-corrected chi connectivity index (χ1v) is 10.9. The van der Waals surface area contributed by atoms with Gasteiger partial charge in [0.2, 0.25) is 0 Å². The maximum Gasteiger partial charge on any atom is 0.282 e. The molecular formula is C28H28N2O3. The van der Waals surface area contributed by atoms with Gasteiger partial charge in [-0.15, -0.1) is 0 Å². The summed E-state index contributed by atoms with van der Waals surface area (Å²) >= 11 is 0. The minimum Gasteiger partial charge on any atom is -0.496 e. The van der Waals surface area contributed by atoms with Gasteiger partial charge in [0.25, 0.3) is 11.8 Å². The fraction of sp³-hybridized carbons (Fsp3) is 0.214. The van der Waals surface area contributed by atoms with Crippen LogP contribution in [0.3, 0.4) is 0 Å². The molecule has 0 saturated heterocycles. The first kappa shape index (κ1) is 22.3. The van der Waals surface area contributed by atoms with E-state index in [4.69, 9.17) is 4.74 Å². The van der Waals surface area contributed by atoms with Crippen molar-refractivity contribution in [1.82, 2.24) is 0 Å². The van der Waals surface area contributed by atoms with E-state index in [1.165, 1.54) is 4.90 Å². The van der Waals surface area contributed by atoms with Crippen LogP contribution in [0, 0.1) is 6.92 Å². The van der Waals surface area contributed by atoms with Gasteiger partial charge in [0.05, 0.1) is 18.4 Å². The molecule has 1 N–H and O–H groups in total. The quantitative estimate of drug-likeness (QED) is 0.517. The lowest BCUT2D eigenvalue weighted by Crippen LogP contribution is -2.32. The lowest BCUT2D eigenvalue weighted by molar-refractivity contribution is -0.120. The highest BCUT2D eigenvalue weighted by Crippen LogP contribution is 2.37. The van der Waals surface area contributed by atoms with Crippen molar-refractivity contribution in [3.05, 3.63) is 95.2 Å². The average molecular weight is 441 g/mol. The number of rotatable bonds is 5. The SMILES string of the molecule is COc1ccccc1C1=C(Nc2ccc(C)cc2)C(=O)N(c2ccc(C(C)(C)C)cc2)C1=O. The number of benzene rings is 3. The Kier molecular flexibility index (Phi) is 5.81. The summed E-state index contributed by atoms with van der Waals surface area (Å²) in [5.74, 6) is -0.255. The van der Waals surface area contributed by atoms with Gasteiger partial charge < -0.3 is 10.1 Å². The number of amides is 2. The Morgan fingerprint density at radius 1 is 0.818 bits per heavy atom. The van der Waals surface area contributed by atoms with E-state index < -0.39 is 5.91 Å². The highest BCUT2D eigenvalue weighted by atomic mass is 16.5. The summed E-state index contributed by atoms with van der Waals surface area (Å²) in [7, 11) is 1.55.